The predicted octanol–water partition coefficient (Wildman–Crippen LogP) is 5.78. The molecule has 3 aromatic rings. The van der Waals surface area contributed by atoms with Gasteiger partial charge in [-0.05, 0) is 32.3 Å². The number of carbonyl (C=O) groups excluding carboxylic acids is 1. The van der Waals surface area contributed by atoms with Crippen LogP contribution in [0, 0.1) is 0 Å². The van der Waals surface area contributed by atoms with E-state index in [9.17, 15) is 4.79 Å². The molecule has 2 heterocycles. The summed E-state index contributed by atoms with van der Waals surface area (Å²) in [4.78, 5) is 21.3. The zero-order valence-corrected chi connectivity index (χ0v) is 20.9. The third-order valence-electron chi connectivity index (χ3n) is 6.39. The fourth-order valence-corrected chi connectivity index (χ4v) is 4.50. The number of nitrogens with zero attached hydrogens (tertiary/aromatic N) is 3. The van der Waals surface area contributed by atoms with Crippen LogP contribution in [0.1, 0.15) is 84.1 Å². The molecule has 186 valence electrons. The molecule has 2 aromatic heterocycles. The number of carbonyl (C=O) groups is 1. The van der Waals surface area contributed by atoms with E-state index in [0.29, 0.717) is 32.0 Å². The van der Waals surface area contributed by atoms with Gasteiger partial charge in [-0.25, -0.2) is 9.97 Å². The molecule has 0 fully saturated rings. The Kier molecular flexibility index (Phi) is 10.6. The van der Waals surface area contributed by atoms with Crippen LogP contribution in [0.4, 0.5) is 5.82 Å². The van der Waals surface area contributed by atoms with Crippen molar-refractivity contribution in [2.45, 2.75) is 84.1 Å². The Bertz CT molecular complexity index is 1030. The normalized spacial score (nSPS) is 12.4. The number of ether oxygens (including phenoxy) is 1. The number of rotatable bonds is 16. The van der Waals surface area contributed by atoms with Crippen molar-refractivity contribution >= 4 is 33.7 Å². The molecule has 1 aromatic carbocycles. The molecule has 0 aliphatic rings. The maximum atomic E-state index is 12.2. The molecule has 34 heavy (non-hydrogen) atoms. The number of fused-ring (bicyclic) bond motifs is 3. The number of hydrogen-bond acceptors (Lipinski definition) is 5. The van der Waals surface area contributed by atoms with E-state index in [4.69, 9.17) is 10.5 Å². The number of nitrogen functional groups attached to an aromatic ring is 1. The van der Waals surface area contributed by atoms with Gasteiger partial charge in [0.15, 0.2) is 5.82 Å². The number of benzene rings is 1. The van der Waals surface area contributed by atoms with Crippen molar-refractivity contribution in [1.29, 1.82) is 0 Å². The lowest BCUT2D eigenvalue weighted by Crippen LogP contribution is -2.25. The van der Waals surface area contributed by atoms with Gasteiger partial charge in [-0.2, -0.15) is 0 Å². The number of anilines is 1. The largest absolute Gasteiger partial charge is 0.382 e. The van der Waals surface area contributed by atoms with Crippen LogP contribution in [0.5, 0.6) is 0 Å². The Morgan fingerprint density at radius 2 is 1.85 bits per heavy atom. The van der Waals surface area contributed by atoms with Crippen molar-refractivity contribution in [3.05, 3.63) is 30.6 Å². The number of pyridine rings is 1. The molecule has 3 rings (SSSR count). The van der Waals surface area contributed by atoms with Gasteiger partial charge >= 0.3 is 0 Å². The van der Waals surface area contributed by atoms with Gasteiger partial charge in [-0.3, -0.25) is 4.79 Å². The summed E-state index contributed by atoms with van der Waals surface area (Å²) in [6.45, 7) is 6.16. The number of unbranched alkanes of at least 4 members (excludes halogenated alkanes) is 6. The summed E-state index contributed by atoms with van der Waals surface area (Å²) >= 11 is 0. The maximum Gasteiger partial charge on any atom is 0.219 e. The second kappa shape index (κ2) is 13.9. The summed E-state index contributed by atoms with van der Waals surface area (Å²) in [5.74, 6) is 0.605. The van der Waals surface area contributed by atoms with Gasteiger partial charge in [0, 0.05) is 25.0 Å². The maximum absolute atomic E-state index is 12.2. The van der Waals surface area contributed by atoms with E-state index < -0.39 is 0 Å². The predicted molar refractivity (Wildman–Crippen MR) is 140 cm³/mol. The quantitative estimate of drug-likeness (QED) is 0.260. The second-order valence-corrected chi connectivity index (χ2v) is 9.04. The molecule has 0 aliphatic heterocycles. The van der Waals surface area contributed by atoms with Gasteiger partial charge in [-0.1, -0.05) is 63.6 Å². The highest BCUT2D eigenvalue weighted by atomic mass is 16.5. The standard InChI is InChI=1S/C27H41N5O2/c1-3-5-6-7-8-9-10-17-24(33)29-18-13-14-21(19-34-4-2)32-20-30-25-26(32)22-15-11-12-16-23(22)31-27(25)28/h11-12,15-16,20-21H,3-10,13-14,17-19H2,1-2H3,(H2,28,31)(H,29,33). The van der Waals surface area contributed by atoms with Crippen LogP contribution >= 0.6 is 0 Å². The molecule has 1 atom stereocenters. The molecule has 3 N–H and O–H groups in total. The number of nitrogens with two attached hydrogens (primary N) is 1. The first-order valence-corrected chi connectivity index (χ1v) is 13.0. The van der Waals surface area contributed by atoms with Gasteiger partial charge in [0.05, 0.1) is 30.0 Å². The monoisotopic (exact) mass is 467 g/mol. The van der Waals surface area contributed by atoms with E-state index in [0.717, 1.165) is 47.6 Å². The van der Waals surface area contributed by atoms with Crippen LogP contribution in [0.25, 0.3) is 21.9 Å². The van der Waals surface area contributed by atoms with Gasteiger partial charge in [0.1, 0.15) is 5.52 Å². The minimum absolute atomic E-state index is 0.107. The average Bonchev–Trinajstić information content (AvgIpc) is 3.29. The number of para-hydroxylation sites is 1. The number of nitrogens with one attached hydrogen (secondary N) is 1. The Balaban J connectivity index is 1.54. The Hall–Kier alpha value is -2.67. The fourth-order valence-electron chi connectivity index (χ4n) is 4.50. The summed E-state index contributed by atoms with van der Waals surface area (Å²) in [6, 6.07) is 8.11. The zero-order valence-electron chi connectivity index (χ0n) is 20.9. The molecule has 7 heteroatoms. The van der Waals surface area contributed by atoms with Crippen molar-refractivity contribution in [2.24, 2.45) is 0 Å². The van der Waals surface area contributed by atoms with E-state index in [1.807, 2.05) is 31.5 Å². The zero-order chi connectivity index (χ0) is 24.2. The van der Waals surface area contributed by atoms with E-state index in [-0.39, 0.29) is 11.9 Å². The van der Waals surface area contributed by atoms with Gasteiger partial charge in [0.25, 0.3) is 0 Å². The highest BCUT2D eigenvalue weighted by molar-refractivity contribution is 6.06. The molecule has 0 saturated heterocycles. The number of amides is 1. The number of imidazole rings is 1. The van der Waals surface area contributed by atoms with Gasteiger partial charge in [0.2, 0.25) is 5.91 Å². The van der Waals surface area contributed by atoms with E-state index in [1.54, 1.807) is 0 Å². The van der Waals surface area contributed by atoms with Gasteiger partial charge < -0.3 is 20.4 Å². The minimum Gasteiger partial charge on any atom is -0.382 e. The third kappa shape index (κ3) is 7.16. The first-order valence-electron chi connectivity index (χ1n) is 13.0. The average molecular weight is 468 g/mol. The number of hydrogen-bond donors (Lipinski definition) is 2. The lowest BCUT2D eigenvalue weighted by Gasteiger charge is -2.20. The minimum atomic E-state index is 0.107. The van der Waals surface area contributed by atoms with Crippen molar-refractivity contribution < 1.29 is 9.53 Å². The summed E-state index contributed by atoms with van der Waals surface area (Å²) in [5.41, 5.74) is 8.79. The van der Waals surface area contributed by atoms with E-state index in [2.05, 4.69) is 32.8 Å². The topological polar surface area (TPSA) is 95.1 Å². The molecule has 0 aliphatic carbocycles. The Morgan fingerprint density at radius 3 is 2.65 bits per heavy atom. The van der Waals surface area contributed by atoms with Crippen molar-refractivity contribution in [2.75, 3.05) is 25.5 Å². The summed E-state index contributed by atoms with van der Waals surface area (Å²) < 4.78 is 7.98. The smallest absolute Gasteiger partial charge is 0.219 e. The SMILES string of the molecule is CCCCCCCCCC(=O)NCCCC(COCC)n1cnc2c(N)nc3ccccc3c21. The third-order valence-corrected chi connectivity index (χ3v) is 6.39. The molecule has 1 amide bonds. The molecule has 0 bridgehead atoms. The van der Waals surface area contributed by atoms with Crippen molar-refractivity contribution in [3.63, 3.8) is 0 Å². The summed E-state index contributed by atoms with van der Waals surface area (Å²) in [6.07, 6.45) is 12.8. The van der Waals surface area contributed by atoms with Crippen LogP contribution in [0.15, 0.2) is 30.6 Å². The summed E-state index contributed by atoms with van der Waals surface area (Å²) in [7, 11) is 0. The fraction of sp³-hybridized carbons (Fsp3) is 0.593. The van der Waals surface area contributed by atoms with Crippen LogP contribution in [0.3, 0.4) is 0 Å². The highest BCUT2D eigenvalue weighted by Gasteiger charge is 2.18. The van der Waals surface area contributed by atoms with E-state index in [1.165, 1.54) is 32.1 Å². The van der Waals surface area contributed by atoms with Crippen molar-refractivity contribution in [1.82, 2.24) is 19.9 Å². The van der Waals surface area contributed by atoms with Gasteiger partial charge in [-0.15, -0.1) is 0 Å². The lowest BCUT2D eigenvalue weighted by atomic mass is 10.1. The Labute approximate surface area is 203 Å². The highest BCUT2D eigenvalue weighted by Crippen LogP contribution is 2.30. The van der Waals surface area contributed by atoms with Crippen LogP contribution in [-0.2, 0) is 9.53 Å². The Morgan fingerprint density at radius 1 is 1.09 bits per heavy atom. The molecule has 7 nitrogen and oxygen atoms in total. The number of aromatic nitrogens is 3. The molecule has 0 saturated carbocycles. The summed E-state index contributed by atoms with van der Waals surface area (Å²) in [5, 5.41) is 4.13. The first kappa shape index (κ1) is 25.9. The van der Waals surface area contributed by atoms with Crippen molar-refractivity contribution in [3.8, 4) is 0 Å². The molecule has 0 spiro atoms. The van der Waals surface area contributed by atoms with Crippen LogP contribution in [0.2, 0.25) is 0 Å². The molecule has 0 radical (unpaired) electrons. The molecular formula is C27H41N5O2. The first-order chi connectivity index (χ1) is 16.7. The lowest BCUT2D eigenvalue weighted by molar-refractivity contribution is -0.121. The molecular weight excluding hydrogens is 426 g/mol. The van der Waals surface area contributed by atoms with Crippen LogP contribution in [-0.4, -0.2) is 40.2 Å². The molecule has 1 unspecified atom stereocenters. The van der Waals surface area contributed by atoms with Crippen LogP contribution < -0.4 is 11.1 Å². The second-order valence-electron chi connectivity index (χ2n) is 9.04. The van der Waals surface area contributed by atoms with E-state index >= 15 is 0 Å².